The van der Waals surface area contributed by atoms with Crippen molar-refractivity contribution in [2.24, 2.45) is 5.92 Å². The zero-order chi connectivity index (χ0) is 27.3. The van der Waals surface area contributed by atoms with Crippen molar-refractivity contribution in [3.8, 4) is 11.5 Å². The maximum Gasteiger partial charge on any atom is 0.346 e. The van der Waals surface area contributed by atoms with Crippen molar-refractivity contribution in [1.29, 1.82) is 0 Å². The molecular weight excluding hydrogens is 490 g/mol. The Hall–Kier alpha value is -2.96. The molecule has 1 aliphatic carbocycles. The Labute approximate surface area is 224 Å². The Morgan fingerprint density at radius 2 is 1.55 bits per heavy atom. The zero-order valence-electron chi connectivity index (χ0n) is 22.7. The molecule has 0 amide bonds. The van der Waals surface area contributed by atoms with Crippen LogP contribution in [-0.2, 0) is 22.4 Å². The first-order valence-electron chi connectivity index (χ1n) is 14.1. The lowest BCUT2D eigenvalue weighted by atomic mass is 9.84. The lowest BCUT2D eigenvalue weighted by Crippen LogP contribution is -2.25. The third-order valence-electron chi connectivity index (χ3n) is 6.96. The smallest absolute Gasteiger partial charge is 0.346 e. The number of carbonyl (C=O) groups is 2. The van der Waals surface area contributed by atoms with Crippen LogP contribution in [0.1, 0.15) is 99.5 Å². The largest absolute Gasteiger partial charge is 0.490 e. The summed E-state index contributed by atoms with van der Waals surface area (Å²) in [5.41, 5.74) is 1.48. The number of rotatable bonds is 15. The molecule has 0 saturated carbocycles. The summed E-state index contributed by atoms with van der Waals surface area (Å²) in [6.45, 7) is 4.97. The normalized spacial score (nSPS) is 14.6. The molecule has 0 aromatic heterocycles. The van der Waals surface area contributed by atoms with Crippen LogP contribution >= 0.6 is 0 Å². The molecule has 2 aromatic rings. The fraction of sp³-hybridized carbons (Fsp3) is 0.548. The molecule has 1 unspecified atom stereocenters. The molecule has 0 bridgehead atoms. The average molecular weight is 531 g/mol. The van der Waals surface area contributed by atoms with E-state index >= 15 is 0 Å². The number of aryl methyl sites for hydroxylation is 1. The first-order chi connectivity index (χ1) is 18.4. The second kappa shape index (κ2) is 15.5. The van der Waals surface area contributed by atoms with Crippen LogP contribution in [0.4, 0.5) is 8.78 Å². The van der Waals surface area contributed by atoms with Gasteiger partial charge in [-0.2, -0.15) is 4.39 Å². The molecule has 7 heteroatoms. The molecule has 0 aliphatic heterocycles. The van der Waals surface area contributed by atoms with Crippen LogP contribution in [0, 0.1) is 17.6 Å². The van der Waals surface area contributed by atoms with Crippen LogP contribution in [0.2, 0.25) is 0 Å². The summed E-state index contributed by atoms with van der Waals surface area (Å²) in [5.74, 6) is -3.78. The van der Waals surface area contributed by atoms with E-state index < -0.39 is 23.2 Å². The standard InChI is InChI=1S/C31H40F2O5/c1-3-5-7-8-9-11-19-37-30(34)24-13-12-23-21-25(15-14-22(23)20-24)38-31(35)26-16-17-27(29(33)28(26)32)36-18-10-6-4-2/h14-17,21,24H,3-13,18-20H2,1-2H3. The number of fused-ring (bicyclic) bond motifs is 1. The Balaban J connectivity index is 1.51. The van der Waals surface area contributed by atoms with E-state index in [1.54, 1.807) is 12.1 Å². The first kappa shape index (κ1) is 29.6. The molecule has 0 N–H and O–H groups in total. The Morgan fingerprint density at radius 3 is 2.34 bits per heavy atom. The van der Waals surface area contributed by atoms with Gasteiger partial charge in [-0.15, -0.1) is 0 Å². The number of halogens is 2. The molecule has 5 nitrogen and oxygen atoms in total. The summed E-state index contributed by atoms with van der Waals surface area (Å²) in [7, 11) is 0. The summed E-state index contributed by atoms with van der Waals surface area (Å²) in [4.78, 5) is 25.1. The van der Waals surface area contributed by atoms with Crippen LogP contribution in [0.5, 0.6) is 11.5 Å². The van der Waals surface area contributed by atoms with E-state index in [2.05, 4.69) is 6.92 Å². The fourth-order valence-electron chi connectivity index (χ4n) is 4.67. The molecule has 0 spiro atoms. The van der Waals surface area contributed by atoms with Crippen LogP contribution in [0.3, 0.4) is 0 Å². The van der Waals surface area contributed by atoms with Crippen molar-refractivity contribution in [3.63, 3.8) is 0 Å². The summed E-state index contributed by atoms with van der Waals surface area (Å²) in [6.07, 6.45) is 11.4. The number of esters is 2. The van der Waals surface area contributed by atoms with Crippen molar-refractivity contribution in [2.45, 2.75) is 90.9 Å². The Kier molecular flexibility index (Phi) is 12.0. The number of ether oxygens (including phenoxy) is 3. The van der Waals surface area contributed by atoms with Crippen molar-refractivity contribution < 1.29 is 32.6 Å². The minimum Gasteiger partial charge on any atom is -0.490 e. The molecule has 3 rings (SSSR count). The van der Waals surface area contributed by atoms with Crippen LogP contribution in [0.15, 0.2) is 30.3 Å². The van der Waals surface area contributed by atoms with Crippen LogP contribution in [0.25, 0.3) is 0 Å². The molecule has 0 radical (unpaired) electrons. The van der Waals surface area contributed by atoms with Gasteiger partial charge in [-0.1, -0.05) is 64.9 Å². The minimum atomic E-state index is -1.29. The summed E-state index contributed by atoms with van der Waals surface area (Å²) in [6, 6.07) is 7.58. The molecule has 0 heterocycles. The van der Waals surface area contributed by atoms with Gasteiger partial charge in [0.05, 0.1) is 24.7 Å². The molecule has 2 aromatic carbocycles. The topological polar surface area (TPSA) is 61.8 Å². The monoisotopic (exact) mass is 530 g/mol. The molecular formula is C31H40F2O5. The maximum absolute atomic E-state index is 14.6. The SMILES string of the molecule is CCCCCCCCOC(=O)C1CCc2cc(OC(=O)c3ccc(OCCCCC)c(F)c3F)ccc2C1. The highest BCUT2D eigenvalue weighted by Crippen LogP contribution is 2.30. The quantitative estimate of drug-likeness (QED) is 0.134. The molecule has 38 heavy (non-hydrogen) atoms. The lowest BCUT2D eigenvalue weighted by Gasteiger charge is -2.23. The molecule has 1 atom stereocenters. The van der Waals surface area contributed by atoms with Gasteiger partial charge >= 0.3 is 11.9 Å². The third-order valence-corrected chi connectivity index (χ3v) is 6.96. The zero-order valence-corrected chi connectivity index (χ0v) is 22.7. The van der Waals surface area contributed by atoms with E-state index in [-0.39, 0.29) is 30.0 Å². The van der Waals surface area contributed by atoms with Gasteiger partial charge in [0.25, 0.3) is 0 Å². The predicted octanol–water partition coefficient (Wildman–Crippen LogP) is 7.76. The van der Waals surface area contributed by atoms with Gasteiger partial charge in [-0.3, -0.25) is 4.79 Å². The van der Waals surface area contributed by atoms with E-state index in [4.69, 9.17) is 14.2 Å². The number of hydrogen-bond donors (Lipinski definition) is 0. The number of hydrogen-bond acceptors (Lipinski definition) is 5. The molecule has 0 saturated heterocycles. The van der Waals surface area contributed by atoms with Crippen molar-refractivity contribution in [3.05, 3.63) is 58.7 Å². The van der Waals surface area contributed by atoms with Gasteiger partial charge in [0, 0.05) is 0 Å². The highest BCUT2D eigenvalue weighted by atomic mass is 19.2. The van der Waals surface area contributed by atoms with Crippen LogP contribution in [-0.4, -0.2) is 25.2 Å². The van der Waals surface area contributed by atoms with Crippen LogP contribution < -0.4 is 9.47 Å². The Morgan fingerprint density at radius 1 is 0.842 bits per heavy atom. The number of unbranched alkanes of at least 4 members (excludes halogenated alkanes) is 7. The van der Waals surface area contributed by atoms with E-state index in [0.717, 1.165) is 43.2 Å². The molecule has 0 fully saturated rings. The van der Waals surface area contributed by atoms with Crippen molar-refractivity contribution in [2.75, 3.05) is 13.2 Å². The van der Waals surface area contributed by atoms with E-state index in [1.807, 2.05) is 13.0 Å². The van der Waals surface area contributed by atoms with Gasteiger partial charge in [0.1, 0.15) is 5.75 Å². The van der Waals surface area contributed by atoms with E-state index in [0.29, 0.717) is 25.9 Å². The fourth-order valence-corrected chi connectivity index (χ4v) is 4.67. The number of benzene rings is 2. The van der Waals surface area contributed by atoms with Gasteiger partial charge in [-0.05, 0) is 67.5 Å². The summed E-state index contributed by atoms with van der Waals surface area (Å²) in [5, 5.41) is 0. The lowest BCUT2D eigenvalue weighted by molar-refractivity contribution is -0.149. The highest BCUT2D eigenvalue weighted by molar-refractivity contribution is 5.91. The van der Waals surface area contributed by atoms with Gasteiger partial charge < -0.3 is 14.2 Å². The van der Waals surface area contributed by atoms with Crippen molar-refractivity contribution >= 4 is 11.9 Å². The maximum atomic E-state index is 14.6. The average Bonchev–Trinajstić information content (AvgIpc) is 2.92. The van der Waals surface area contributed by atoms with Crippen molar-refractivity contribution in [1.82, 2.24) is 0 Å². The number of carbonyl (C=O) groups excluding carboxylic acids is 2. The van der Waals surface area contributed by atoms with Gasteiger partial charge in [0.15, 0.2) is 11.6 Å². The second-order valence-electron chi connectivity index (χ2n) is 9.99. The minimum absolute atomic E-state index is 0.157. The first-order valence-corrected chi connectivity index (χ1v) is 14.1. The molecule has 208 valence electrons. The van der Waals surface area contributed by atoms with E-state index in [9.17, 15) is 18.4 Å². The Bertz CT molecular complexity index is 1070. The van der Waals surface area contributed by atoms with Gasteiger partial charge in [0.2, 0.25) is 5.82 Å². The second-order valence-corrected chi connectivity index (χ2v) is 9.99. The highest BCUT2D eigenvalue weighted by Gasteiger charge is 2.27. The summed E-state index contributed by atoms with van der Waals surface area (Å²) >= 11 is 0. The predicted molar refractivity (Wildman–Crippen MR) is 143 cm³/mol. The van der Waals surface area contributed by atoms with E-state index in [1.165, 1.54) is 37.8 Å². The summed E-state index contributed by atoms with van der Waals surface area (Å²) < 4.78 is 45.1. The molecule has 1 aliphatic rings. The third kappa shape index (κ3) is 8.53. The van der Waals surface area contributed by atoms with Gasteiger partial charge in [-0.25, -0.2) is 9.18 Å².